The van der Waals surface area contributed by atoms with Gasteiger partial charge in [0.15, 0.2) is 0 Å². The monoisotopic (exact) mass is 313 g/mol. The number of hydrogen-bond donors (Lipinski definition) is 0. The molecule has 22 heavy (non-hydrogen) atoms. The van der Waals surface area contributed by atoms with Crippen molar-refractivity contribution in [3.05, 3.63) is 59.2 Å². The first-order valence-corrected chi connectivity index (χ1v) is 7.89. The summed E-state index contributed by atoms with van der Waals surface area (Å²) in [6.07, 6.45) is 3.58. The molecule has 2 aliphatic rings. The standard InChI is InChI=1S/C17H16ClN3O/c18-13-6-3-5-12(11-13)16-20-10-4-7-14(20)17(22)21(16)15-8-1-2-9-19-15/h1-3,5-6,8-9,11,14,16H,4,7,10H2/t14-,16+/m0/s1. The zero-order valence-electron chi connectivity index (χ0n) is 12.0. The van der Waals surface area contributed by atoms with Gasteiger partial charge in [-0.1, -0.05) is 29.8 Å². The smallest absolute Gasteiger partial charge is 0.247 e. The summed E-state index contributed by atoms with van der Waals surface area (Å²) in [6, 6.07) is 13.4. The first kappa shape index (κ1) is 13.7. The van der Waals surface area contributed by atoms with E-state index in [0.717, 1.165) is 24.9 Å². The molecule has 0 radical (unpaired) electrons. The summed E-state index contributed by atoms with van der Waals surface area (Å²) < 4.78 is 0. The van der Waals surface area contributed by atoms with E-state index in [-0.39, 0.29) is 18.1 Å². The summed E-state index contributed by atoms with van der Waals surface area (Å²) in [6.45, 7) is 0.928. The molecule has 0 bridgehead atoms. The van der Waals surface area contributed by atoms with Gasteiger partial charge in [0.2, 0.25) is 5.91 Å². The lowest BCUT2D eigenvalue weighted by Crippen LogP contribution is -2.32. The first-order valence-electron chi connectivity index (χ1n) is 7.51. The van der Waals surface area contributed by atoms with Gasteiger partial charge in [-0.3, -0.25) is 14.6 Å². The number of fused-ring (bicyclic) bond motifs is 1. The maximum Gasteiger partial charge on any atom is 0.247 e. The molecule has 0 spiro atoms. The highest BCUT2D eigenvalue weighted by molar-refractivity contribution is 6.30. The fourth-order valence-electron chi connectivity index (χ4n) is 3.52. The predicted octanol–water partition coefficient (Wildman–Crippen LogP) is 3.24. The summed E-state index contributed by atoms with van der Waals surface area (Å²) in [5, 5.41) is 0.688. The molecule has 1 aromatic carbocycles. The number of hydrogen-bond acceptors (Lipinski definition) is 3. The number of amides is 1. The normalized spacial score (nSPS) is 24.8. The van der Waals surface area contributed by atoms with Crippen molar-refractivity contribution < 1.29 is 4.79 Å². The van der Waals surface area contributed by atoms with Crippen LogP contribution in [0.3, 0.4) is 0 Å². The summed E-state index contributed by atoms with van der Waals surface area (Å²) in [5.41, 5.74) is 1.04. The third-order valence-corrected chi connectivity index (χ3v) is 4.65. The minimum absolute atomic E-state index is 0.0361. The van der Waals surface area contributed by atoms with Gasteiger partial charge in [-0.25, -0.2) is 4.98 Å². The minimum Gasteiger partial charge on any atom is -0.275 e. The third-order valence-electron chi connectivity index (χ3n) is 4.42. The van der Waals surface area contributed by atoms with Crippen LogP contribution in [0.15, 0.2) is 48.7 Å². The van der Waals surface area contributed by atoms with Gasteiger partial charge >= 0.3 is 0 Å². The van der Waals surface area contributed by atoms with Crippen LogP contribution >= 0.6 is 11.6 Å². The topological polar surface area (TPSA) is 36.4 Å². The molecule has 2 fully saturated rings. The molecular formula is C17H16ClN3O. The van der Waals surface area contributed by atoms with Crippen LogP contribution < -0.4 is 4.90 Å². The highest BCUT2D eigenvalue weighted by Gasteiger charge is 2.49. The summed E-state index contributed by atoms with van der Waals surface area (Å²) in [4.78, 5) is 21.3. The number of carbonyl (C=O) groups excluding carboxylic acids is 1. The average Bonchev–Trinajstić information content (AvgIpc) is 3.10. The Labute approximate surface area is 134 Å². The summed E-state index contributed by atoms with van der Waals surface area (Å²) in [7, 11) is 0. The maximum absolute atomic E-state index is 12.9. The van der Waals surface area contributed by atoms with Crippen molar-refractivity contribution in [1.29, 1.82) is 0 Å². The van der Waals surface area contributed by atoms with Gasteiger partial charge in [0.05, 0.1) is 6.04 Å². The van der Waals surface area contributed by atoms with E-state index in [9.17, 15) is 4.79 Å². The first-order chi connectivity index (χ1) is 10.8. The zero-order chi connectivity index (χ0) is 15.1. The number of pyridine rings is 1. The Kier molecular flexibility index (Phi) is 3.36. The molecule has 3 heterocycles. The number of rotatable bonds is 2. The Balaban J connectivity index is 1.82. The molecule has 4 rings (SSSR count). The number of aromatic nitrogens is 1. The molecule has 1 amide bonds. The van der Waals surface area contributed by atoms with Crippen LogP contribution in [0.4, 0.5) is 5.82 Å². The fourth-order valence-corrected chi connectivity index (χ4v) is 3.72. The molecule has 4 nitrogen and oxygen atoms in total. The Morgan fingerprint density at radius 3 is 2.86 bits per heavy atom. The quantitative estimate of drug-likeness (QED) is 0.854. The molecule has 0 saturated carbocycles. The third kappa shape index (κ3) is 2.11. The van der Waals surface area contributed by atoms with Crippen LogP contribution in [0.2, 0.25) is 5.02 Å². The lowest BCUT2D eigenvalue weighted by Gasteiger charge is -2.29. The van der Waals surface area contributed by atoms with Crippen molar-refractivity contribution in [2.45, 2.75) is 25.0 Å². The largest absolute Gasteiger partial charge is 0.275 e. The van der Waals surface area contributed by atoms with Crippen molar-refractivity contribution in [2.75, 3.05) is 11.4 Å². The highest BCUT2D eigenvalue weighted by atomic mass is 35.5. The molecule has 2 atom stereocenters. The number of carbonyl (C=O) groups is 1. The van der Waals surface area contributed by atoms with E-state index in [1.807, 2.05) is 47.4 Å². The Morgan fingerprint density at radius 1 is 1.18 bits per heavy atom. The van der Waals surface area contributed by atoms with E-state index in [0.29, 0.717) is 10.8 Å². The SMILES string of the molecule is O=C1[C@@H]2CCCN2[C@@H](c2cccc(Cl)c2)N1c1ccccn1. The molecule has 2 aliphatic heterocycles. The molecule has 1 aromatic heterocycles. The second-order valence-corrected chi connectivity index (χ2v) is 6.16. The zero-order valence-corrected chi connectivity index (χ0v) is 12.8. The van der Waals surface area contributed by atoms with E-state index in [1.165, 1.54) is 0 Å². The molecule has 0 aliphatic carbocycles. The highest BCUT2D eigenvalue weighted by Crippen LogP contribution is 2.42. The molecule has 0 unspecified atom stereocenters. The van der Waals surface area contributed by atoms with Crippen molar-refractivity contribution in [2.24, 2.45) is 0 Å². The lowest BCUT2D eigenvalue weighted by atomic mass is 10.1. The predicted molar refractivity (Wildman–Crippen MR) is 85.6 cm³/mol. The molecule has 2 saturated heterocycles. The lowest BCUT2D eigenvalue weighted by molar-refractivity contribution is -0.119. The molecule has 0 N–H and O–H groups in total. The number of nitrogens with zero attached hydrogens (tertiary/aromatic N) is 3. The van der Waals surface area contributed by atoms with Gasteiger partial charge in [-0.05, 0) is 42.7 Å². The van der Waals surface area contributed by atoms with Crippen LogP contribution in [0.1, 0.15) is 24.6 Å². The molecular weight excluding hydrogens is 298 g/mol. The van der Waals surface area contributed by atoms with Gasteiger partial charge < -0.3 is 0 Å². The summed E-state index contributed by atoms with van der Waals surface area (Å²) >= 11 is 6.16. The van der Waals surface area contributed by atoms with Crippen molar-refractivity contribution in [1.82, 2.24) is 9.88 Å². The Hall–Kier alpha value is -1.91. The van der Waals surface area contributed by atoms with Crippen molar-refractivity contribution >= 4 is 23.3 Å². The Morgan fingerprint density at radius 2 is 2.09 bits per heavy atom. The number of halogens is 1. The second kappa shape index (κ2) is 5.38. The maximum atomic E-state index is 12.9. The van der Waals surface area contributed by atoms with Gasteiger partial charge in [-0.15, -0.1) is 0 Å². The number of anilines is 1. The Bertz CT molecular complexity index is 706. The molecule has 112 valence electrons. The van der Waals surface area contributed by atoms with Crippen molar-refractivity contribution in [3.63, 3.8) is 0 Å². The van der Waals surface area contributed by atoms with Gasteiger partial charge in [0, 0.05) is 17.8 Å². The van der Waals surface area contributed by atoms with Gasteiger partial charge in [-0.2, -0.15) is 0 Å². The van der Waals surface area contributed by atoms with Gasteiger partial charge in [0.1, 0.15) is 12.0 Å². The van der Waals surface area contributed by atoms with E-state index >= 15 is 0 Å². The van der Waals surface area contributed by atoms with Crippen molar-refractivity contribution in [3.8, 4) is 0 Å². The van der Waals surface area contributed by atoms with Crippen LogP contribution in [-0.4, -0.2) is 28.4 Å². The van der Waals surface area contributed by atoms with E-state index in [4.69, 9.17) is 11.6 Å². The van der Waals surface area contributed by atoms with E-state index in [2.05, 4.69) is 9.88 Å². The molecule has 2 aromatic rings. The van der Waals surface area contributed by atoms with Crippen LogP contribution in [0.25, 0.3) is 0 Å². The summed E-state index contributed by atoms with van der Waals surface area (Å²) in [5.74, 6) is 0.841. The second-order valence-electron chi connectivity index (χ2n) is 5.72. The molecule has 5 heteroatoms. The number of benzene rings is 1. The van der Waals surface area contributed by atoms with Crippen LogP contribution in [0, 0.1) is 0 Å². The van der Waals surface area contributed by atoms with E-state index < -0.39 is 0 Å². The van der Waals surface area contributed by atoms with Gasteiger partial charge in [0.25, 0.3) is 0 Å². The average molecular weight is 314 g/mol. The van der Waals surface area contributed by atoms with Crippen LogP contribution in [0.5, 0.6) is 0 Å². The van der Waals surface area contributed by atoms with E-state index in [1.54, 1.807) is 6.20 Å². The minimum atomic E-state index is -0.117. The van der Waals surface area contributed by atoms with Crippen LogP contribution in [-0.2, 0) is 4.79 Å². The fraction of sp³-hybridized carbons (Fsp3) is 0.294.